The maximum absolute atomic E-state index is 4.49. The Morgan fingerprint density at radius 2 is 1.70 bits per heavy atom. The van der Waals surface area contributed by atoms with E-state index in [0.29, 0.717) is 0 Å². The fraction of sp³-hybridized carbons (Fsp3) is 0.211. The highest BCUT2D eigenvalue weighted by Crippen LogP contribution is 2.32. The highest BCUT2D eigenvalue weighted by Gasteiger charge is 2.21. The van der Waals surface area contributed by atoms with Crippen LogP contribution >= 0.6 is 0 Å². The zero-order valence-corrected chi connectivity index (χ0v) is 12.8. The molecule has 3 aromatic rings. The number of rotatable bonds is 5. The first-order valence-corrected chi connectivity index (χ1v) is 7.97. The summed E-state index contributed by atoms with van der Waals surface area (Å²) in [6.45, 7) is 0.981. The Bertz CT molecular complexity index is 783. The molecule has 1 saturated carbocycles. The van der Waals surface area contributed by atoms with Crippen LogP contribution in [-0.2, 0) is 0 Å². The van der Waals surface area contributed by atoms with E-state index in [4.69, 9.17) is 0 Å². The smallest absolute Gasteiger partial charge is 0.149 e. The van der Waals surface area contributed by atoms with Gasteiger partial charge in [-0.05, 0) is 42.5 Å². The van der Waals surface area contributed by atoms with E-state index in [9.17, 15) is 0 Å². The van der Waals surface area contributed by atoms with Crippen LogP contribution in [0.4, 0.5) is 5.82 Å². The van der Waals surface area contributed by atoms with E-state index in [1.54, 1.807) is 0 Å². The number of nitrogens with zero attached hydrogens (tertiary/aromatic N) is 3. The molecule has 0 spiro atoms. The predicted octanol–water partition coefficient (Wildman–Crippen LogP) is 4.03. The van der Waals surface area contributed by atoms with E-state index in [-0.39, 0.29) is 0 Å². The van der Waals surface area contributed by atoms with Crippen LogP contribution in [0.15, 0.2) is 60.9 Å². The summed E-state index contributed by atoms with van der Waals surface area (Å²) in [7, 11) is 0. The minimum atomic E-state index is 0.801. The molecule has 4 heteroatoms. The van der Waals surface area contributed by atoms with Crippen LogP contribution in [0.25, 0.3) is 22.4 Å². The number of nitrogens with one attached hydrogen (secondary N) is 1. The Morgan fingerprint density at radius 3 is 2.43 bits per heavy atom. The van der Waals surface area contributed by atoms with Crippen LogP contribution in [0.3, 0.4) is 0 Å². The largest absolute Gasteiger partial charge is 0.368 e. The molecule has 0 saturated heterocycles. The molecule has 0 atom stereocenters. The molecule has 1 fully saturated rings. The molecule has 0 bridgehead atoms. The van der Waals surface area contributed by atoms with Crippen molar-refractivity contribution in [3.63, 3.8) is 0 Å². The van der Waals surface area contributed by atoms with E-state index in [0.717, 1.165) is 40.7 Å². The Hall–Kier alpha value is -2.75. The molecule has 1 aromatic carbocycles. The molecular formula is C19H18N4. The van der Waals surface area contributed by atoms with Crippen molar-refractivity contribution in [2.75, 3.05) is 11.9 Å². The summed E-state index contributed by atoms with van der Waals surface area (Å²) < 4.78 is 0. The second-order valence-electron chi connectivity index (χ2n) is 5.92. The summed E-state index contributed by atoms with van der Waals surface area (Å²) >= 11 is 0. The molecule has 0 amide bonds. The van der Waals surface area contributed by atoms with Gasteiger partial charge in [0.25, 0.3) is 0 Å². The zero-order chi connectivity index (χ0) is 15.5. The molecule has 1 aliphatic carbocycles. The van der Waals surface area contributed by atoms with Crippen molar-refractivity contribution in [1.29, 1.82) is 0 Å². The van der Waals surface area contributed by atoms with Crippen molar-refractivity contribution in [1.82, 2.24) is 15.2 Å². The minimum Gasteiger partial charge on any atom is -0.368 e. The van der Waals surface area contributed by atoms with Gasteiger partial charge in [0.1, 0.15) is 11.5 Å². The first-order valence-electron chi connectivity index (χ1n) is 7.97. The van der Waals surface area contributed by atoms with Gasteiger partial charge in [0.2, 0.25) is 0 Å². The monoisotopic (exact) mass is 302 g/mol. The number of hydrogen-bond acceptors (Lipinski definition) is 4. The fourth-order valence-corrected chi connectivity index (χ4v) is 2.61. The van der Waals surface area contributed by atoms with Crippen molar-refractivity contribution in [3.8, 4) is 22.4 Å². The summed E-state index contributed by atoms with van der Waals surface area (Å²) in [6.07, 6.45) is 6.25. The molecule has 0 aliphatic heterocycles. The summed E-state index contributed by atoms with van der Waals surface area (Å²) in [6, 6.07) is 16.3. The normalized spacial score (nSPS) is 13.7. The highest BCUT2D eigenvalue weighted by molar-refractivity contribution is 5.81. The molecule has 0 unspecified atom stereocenters. The average molecular weight is 302 g/mol. The topological polar surface area (TPSA) is 50.7 Å². The van der Waals surface area contributed by atoms with Crippen LogP contribution in [0, 0.1) is 5.92 Å². The molecule has 0 radical (unpaired) electrons. The maximum atomic E-state index is 4.49. The molecular weight excluding hydrogens is 284 g/mol. The summed E-state index contributed by atoms with van der Waals surface area (Å²) in [5, 5.41) is 12.3. The van der Waals surface area contributed by atoms with Crippen LogP contribution in [-0.4, -0.2) is 21.7 Å². The van der Waals surface area contributed by atoms with Gasteiger partial charge in [0, 0.05) is 30.1 Å². The lowest BCUT2D eigenvalue weighted by molar-refractivity contribution is 0.874. The van der Waals surface area contributed by atoms with Gasteiger partial charge in [0.05, 0.1) is 0 Å². The lowest BCUT2D eigenvalue weighted by Crippen LogP contribution is -2.06. The number of benzene rings is 1. The number of pyridine rings is 1. The molecule has 2 aromatic heterocycles. The quantitative estimate of drug-likeness (QED) is 0.773. The molecule has 4 rings (SSSR count). The van der Waals surface area contributed by atoms with Crippen molar-refractivity contribution in [2.24, 2.45) is 5.92 Å². The van der Waals surface area contributed by atoms with E-state index in [1.807, 2.05) is 42.7 Å². The van der Waals surface area contributed by atoms with Gasteiger partial charge in [0.15, 0.2) is 0 Å². The van der Waals surface area contributed by atoms with Crippen molar-refractivity contribution < 1.29 is 0 Å². The van der Waals surface area contributed by atoms with Gasteiger partial charge in [-0.25, -0.2) is 0 Å². The van der Waals surface area contributed by atoms with Gasteiger partial charge >= 0.3 is 0 Å². The van der Waals surface area contributed by atoms with Crippen LogP contribution in [0.1, 0.15) is 12.8 Å². The molecule has 1 N–H and O–H groups in total. The van der Waals surface area contributed by atoms with Crippen molar-refractivity contribution in [2.45, 2.75) is 12.8 Å². The molecule has 114 valence electrons. The van der Waals surface area contributed by atoms with E-state index < -0.39 is 0 Å². The molecule has 2 heterocycles. The second-order valence-corrected chi connectivity index (χ2v) is 5.92. The van der Waals surface area contributed by atoms with Crippen molar-refractivity contribution >= 4 is 5.82 Å². The highest BCUT2D eigenvalue weighted by atomic mass is 15.2. The average Bonchev–Trinajstić information content (AvgIpc) is 3.46. The number of anilines is 1. The van der Waals surface area contributed by atoms with Crippen LogP contribution in [0.2, 0.25) is 0 Å². The Morgan fingerprint density at radius 1 is 0.913 bits per heavy atom. The standard InChI is InChI=1S/C19H18N4/c1-2-4-16(5-3-1)19-17(15-8-10-20-11-9-15)12-18(22-23-19)21-13-14-6-7-14/h1-5,8-12,14H,6-7,13H2,(H,21,22). The summed E-state index contributed by atoms with van der Waals surface area (Å²) in [5.74, 6) is 1.64. The van der Waals surface area contributed by atoms with Crippen LogP contribution < -0.4 is 5.32 Å². The van der Waals surface area contributed by atoms with Gasteiger partial charge in [-0.1, -0.05) is 30.3 Å². The first-order chi connectivity index (χ1) is 11.4. The lowest BCUT2D eigenvalue weighted by Gasteiger charge is -2.11. The van der Waals surface area contributed by atoms with Gasteiger partial charge in [-0.3, -0.25) is 4.98 Å². The predicted molar refractivity (Wildman–Crippen MR) is 91.9 cm³/mol. The second kappa shape index (κ2) is 6.16. The number of aromatic nitrogens is 3. The van der Waals surface area contributed by atoms with E-state index in [2.05, 4.69) is 38.7 Å². The van der Waals surface area contributed by atoms with E-state index in [1.165, 1.54) is 12.8 Å². The maximum Gasteiger partial charge on any atom is 0.149 e. The summed E-state index contributed by atoms with van der Waals surface area (Å²) in [4.78, 5) is 4.11. The first kappa shape index (κ1) is 13.9. The van der Waals surface area contributed by atoms with Gasteiger partial charge < -0.3 is 5.32 Å². The minimum absolute atomic E-state index is 0.801. The van der Waals surface area contributed by atoms with Gasteiger partial charge in [-0.2, -0.15) is 0 Å². The van der Waals surface area contributed by atoms with E-state index >= 15 is 0 Å². The van der Waals surface area contributed by atoms with Crippen molar-refractivity contribution in [3.05, 3.63) is 60.9 Å². The molecule has 23 heavy (non-hydrogen) atoms. The number of hydrogen-bond donors (Lipinski definition) is 1. The Kier molecular flexibility index (Phi) is 3.72. The Balaban J connectivity index is 1.75. The van der Waals surface area contributed by atoms with Gasteiger partial charge in [-0.15, -0.1) is 10.2 Å². The SMILES string of the molecule is c1ccc(-c2nnc(NCC3CC3)cc2-c2ccncc2)cc1. The zero-order valence-electron chi connectivity index (χ0n) is 12.8. The summed E-state index contributed by atoms with van der Waals surface area (Å²) in [5.41, 5.74) is 4.14. The molecule has 4 nitrogen and oxygen atoms in total. The third kappa shape index (κ3) is 3.21. The lowest BCUT2D eigenvalue weighted by atomic mass is 10.0. The Labute approximate surface area is 135 Å². The fourth-order valence-electron chi connectivity index (χ4n) is 2.61. The van der Waals surface area contributed by atoms with Crippen LogP contribution in [0.5, 0.6) is 0 Å². The third-order valence-electron chi connectivity index (χ3n) is 4.10. The third-order valence-corrected chi connectivity index (χ3v) is 4.10. The molecule has 1 aliphatic rings.